The summed E-state index contributed by atoms with van der Waals surface area (Å²) < 4.78 is 20.3. The molecule has 0 aliphatic carbocycles. The van der Waals surface area contributed by atoms with E-state index in [1.54, 1.807) is 18.4 Å². The minimum absolute atomic E-state index is 0.308. The maximum absolute atomic E-state index is 14.8. The highest BCUT2D eigenvalue weighted by atomic mass is 19.1. The van der Waals surface area contributed by atoms with Crippen molar-refractivity contribution in [2.45, 2.75) is 13.3 Å². The van der Waals surface area contributed by atoms with Crippen molar-refractivity contribution in [2.75, 3.05) is 31.2 Å². The Bertz CT molecular complexity index is 1150. The standard InChI is InChI=1S/C25H25FN4O/c1-3-9-27-19(4-2)14-18-5-8-23(26)22(15-18)25-21-7-6-20(16-24(21)28-17-29-25)30-10-12-31-13-11-30/h3-9,15-17H,1,10-14H2,2H3/b19-4-,27-9-. The van der Waals surface area contributed by atoms with Gasteiger partial charge in [0.25, 0.3) is 0 Å². The van der Waals surface area contributed by atoms with E-state index in [1.165, 1.54) is 12.4 Å². The third-order valence-corrected chi connectivity index (χ3v) is 5.35. The van der Waals surface area contributed by atoms with E-state index in [1.807, 2.05) is 37.3 Å². The first-order chi connectivity index (χ1) is 15.2. The largest absolute Gasteiger partial charge is 0.378 e. The molecule has 31 heavy (non-hydrogen) atoms. The molecule has 0 spiro atoms. The molecule has 0 bridgehead atoms. The number of benzene rings is 2. The lowest BCUT2D eigenvalue weighted by Gasteiger charge is -2.29. The lowest BCUT2D eigenvalue weighted by molar-refractivity contribution is 0.122. The van der Waals surface area contributed by atoms with Gasteiger partial charge in [-0.3, -0.25) is 4.99 Å². The number of hydrogen-bond donors (Lipinski definition) is 0. The van der Waals surface area contributed by atoms with E-state index >= 15 is 0 Å². The molecule has 1 aromatic heterocycles. The average molecular weight is 417 g/mol. The molecular weight excluding hydrogens is 391 g/mol. The average Bonchev–Trinajstić information content (AvgIpc) is 2.82. The van der Waals surface area contributed by atoms with Crippen molar-refractivity contribution in [3.05, 3.63) is 78.5 Å². The third kappa shape index (κ3) is 4.70. The van der Waals surface area contributed by atoms with E-state index in [0.29, 0.717) is 17.7 Å². The van der Waals surface area contributed by atoms with Crippen molar-refractivity contribution in [2.24, 2.45) is 4.99 Å². The zero-order valence-corrected chi connectivity index (χ0v) is 17.6. The zero-order chi connectivity index (χ0) is 21.6. The molecule has 2 heterocycles. The van der Waals surface area contributed by atoms with Crippen LogP contribution in [0.2, 0.25) is 0 Å². The van der Waals surface area contributed by atoms with Gasteiger partial charge in [-0.2, -0.15) is 0 Å². The van der Waals surface area contributed by atoms with Gasteiger partial charge in [0.2, 0.25) is 0 Å². The highest BCUT2D eigenvalue weighted by Crippen LogP contribution is 2.31. The van der Waals surface area contributed by atoms with Crippen LogP contribution < -0.4 is 4.90 Å². The summed E-state index contributed by atoms with van der Waals surface area (Å²) in [5.41, 5.74) is 4.79. The van der Waals surface area contributed by atoms with Gasteiger partial charge in [-0.25, -0.2) is 14.4 Å². The van der Waals surface area contributed by atoms with E-state index in [4.69, 9.17) is 4.74 Å². The molecule has 1 saturated heterocycles. The smallest absolute Gasteiger partial charge is 0.132 e. The van der Waals surface area contributed by atoms with Crippen LogP contribution in [0.15, 0.2) is 72.1 Å². The fraction of sp³-hybridized carbons (Fsp3) is 0.240. The lowest BCUT2D eigenvalue weighted by atomic mass is 10.0. The summed E-state index contributed by atoms with van der Waals surface area (Å²) >= 11 is 0. The molecule has 0 unspecified atom stereocenters. The second kappa shape index (κ2) is 9.62. The fourth-order valence-corrected chi connectivity index (χ4v) is 3.72. The molecular formula is C25H25FN4O. The highest BCUT2D eigenvalue weighted by molar-refractivity contribution is 5.94. The number of nitrogens with zero attached hydrogens (tertiary/aromatic N) is 4. The van der Waals surface area contributed by atoms with Gasteiger partial charge in [-0.1, -0.05) is 24.8 Å². The third-order valence-electron chi connectivity index (χ3n) is 5.35. The van der Waals surface area contributed by atoms with Crippen molar-refractivity contribution in [1.82, 2.24) is 9.97 Å². The van der Waals surface area contributed by atoms with Gasteiger partial charge in [-0.15, -0.1) is 0 Å². The number of anilines is 1. The maximum atomic E-state index is 14.8. The number of aliphatic imine (C=N–C) groups is 1. The monoisotopic (exact) mass is 416 g/mol. The Hall–Kier alpha value is -3.38. The van der Waals surface area contributed by atoms with Crippen molar-refractivity contribution in [1.29, 1.82) is 0 Å². The first-order valence-corrected chi connectivity index (χ1v) is 10.4. The molecule has 0 atom stereocenters. The fourth-order valence-electron chi connectivity index (χ4n) is 3.72. The van der Waals surface area contributed by atoms with Gasteiger partial charge in [0.1, 0.15) is 12.1 Å². The summed E-state index contributed by atoms with van der Waals surface area (Å²) in [4.78, 5) is 15.5. The van der Waals surface area contributed by atoms with Crippen molar-refractivity contribution < 1.29 is 9.13 Å². The predicted molar refractivity (Wildman–Crippen MR) is 124 cm³/mol. The Balaban J connectivity index is 1.70. The van der Waals surface area contributed by atoms with Crippen LogP contribution in [0.4, 0.5) is 10.1 Å². The van der Waals surface area contributed by atoms with E-state index in [-0.39, 0.29) is 5.82 Å². The van der Waals surface area contributed by atoms with Gasteiger partial charge in [0.15, 0.2) is 0 Å². The molecule has 3 aromatic rings. The summed E-state index contributed by atoms with van der Waals surface area (Å²) in [5.74, 6) is -0.308. The number of ether oxygens (including phenoxy) is 1. The molecule has 1 aliphatic rings. The summed E-state index contributed by atoms with van der Waals surface area (Å²) in [6.45, 7) is 8.72. The summed E-state index contributed by atoms with van der Waals surface area (Å²) in [6.07, 6.45) is 7.33. The number of halogens is 1. The summed E-state index contributed by atoms with van der Waals surface area (Å²) in [5, 5.41) is 0.825. The normalized spacial score (nSPS) is 15.0. The number of morpholine rings is 1. The van der Waals surface area contributed by atoms with Gasteiger partial charge >= 0.3 is 0 Å². The number of rotatable bonds is 6. The van der Waals surface area contributed by atoms with Crippen molar-refractivity contribution >= 4 is 22.8 Å². The van der Waals surface area contributed by atoms with Crippen LogP contribution in [0.3, 0.4) is 0 Å². The quantitative estimate of drug-likeness (QED) is 0.532. The molecule has 158 valence electrons. The van der Waals surface area contributed by atoms with Crippen LogP contribution >= 0.6 is 0 Å². The molecule has 5 nitrogen and oxygen atoms in total. The SMILES string of the molecule is C=C/C=N\C(=C/C)Cc1ccc(F)c(-c2ncnc3cc(N4CCOCC4)ccc23)c1. The van der Waals surface area contributed by atoms with Gasteiger partial charge in [0, 0.05) is 48.1 Å². The minimum Gasteiger partial charge on any atom is -0.378 e. The lowest BCUT2D eigenvalue weighted by Crippen LogP contribution is -2.36. The Labute approximate surface area is 181 Å². The predicted octanol–water partition coefficient (Wildman–Crippen LogP) is 4.98. The molecule has 6 heteroatoms. The number of aromatic nitrogens is 2. The molecule has 1 fully saturated rings. The van der Waals surface area contributed by atoms with Crippen LogP contribution in [0.25, 0.3) is 22.2 Å². The van der Waals surface area contributed by atoms with E-state index in [9.17, 15) is 4.39 Å². The number of hydrogen-bond acceptors (Lipinski definition) is 5. The highest BCUT2D eigenvalue weighted by Gasteiger charge is 2.15. The molecule has 2 aromatic carbocycles. The second-order valence-corrected chi connectivity index (χ2v) is 7.31. The van der Waals surface area contributed by atoms with E-state index in [0.717, 1.165) is 54.2 Å². The van der Waals surface area contributed by atoms with Crippen LogP contribution in [0.1, 0.15) is 12.5 Å². The zero-order valence-electron chi connectivity index (χ0n) is 17.6. The van der Waals surface area contributed by atoms with Gasteiger partial charge < -0.3 is 9.64 Å². The summed E-state index contributed by atoms with van der Waals surface area (Å²) in [6, 6.07) is 11.2. The topological polar surface area (TPSA) is 50.6 Å². The number of allylic oxidation sites excluding steroid dienone is 3. The Morgan fingerprint density at radius 3 is 2.81 bits per heavy atom. The molecule has 0 N–H and O–H groups in total. The molecule has 1 aliphatic heterocycles. The van der Waals surface area contributed by atoms with Crippen LogP contribution in [-0.2, 0) is 11.2 Å². The van der Waals surface area contributed by atoms with Gasteiger partial charge in [0.05, 0.1) is 24.4 Å². The molecule has 0 radical (unpaired) electrons. The first-order valence-electron chi connectivity index (χ1n) is 10.4. The van der Waals surface area contributed by atoms with E-state index in [2.05, 4.69) is 26.4 Å². The van der Waals surface area contributed by atoms with Gasteiger partial charge in [-0.05, 0) is 42.8 Å². The van der Waals surface area contributed by atoms with Crippen LogP contribution in [-0.4, -0.2) is 42.5 Å². The minimum atomic E-state index is -0.308. The Morgan fingerprint density at radius 1 is 1.19 bits per heavy atom. The second-order valence-electron chi connectivity index (χ2n) is 7.31. The van der Waals surface area contributed by atoms with Crippen molar-refractivity contribution in [3.63, 3.8) is 0 Å². The Kier molecular flexibility index (Phi) is 6.48. The molecule has 0 saturated carbocycles. The molecule has 0 amide bonds. The molecule has 4 rings (SSSR count). The van der Waals surface area contributed by atoms with E-state index < -0.39 is 0 Å². The summed E-state index contributed by atoms with van der Waals surface area (Å²) in [7, 11) is 0. The number of fused-ring (bicyclic) bond motifs is 1. The Morgan fingerprint density at radius 2 is 2.03 bits per heavy atom. The first kappa shape index (κ1) is 20.9. The van der Waals surface area contributed by atoms with Crippen LogP contribution in [0, 0.1) is 5.82 Å². The van der Waals surface area contributed by atoms with Crippen molar-refractivity contribution in [3.8, 4) is 11.3 Å². The van der Waals surface area contributed by atoms with Crippen LogP contribution in [0.5, 0.6) is 0 Å². The maximum Gasteiger partial charge on any atom is 0.132 e.